The predicted molar refractivity (Wildman–Crippen MR) is 82.6 cm³/mol. The van der Waals surface area contributed by atoms with Gasteiger partial charge < -0.3 is 10.3 Å². The first-order valence-corrected chi connectivity index (χ1v) is 7.50. The lowest BCUT2D eigenvalue weighted by molar-refractivity contribution is -0.136. The Kier molecular flexibility index (Phi) is 4.92. The van der Waals surface area contributed by atoms with Gasteiger partial charge in [0.1, 0.15) is 0 Å². The minimum Gasteiger partial charge on any atom is -0.481 e. The highest BCUT2D eigenvalue weighted by molar-refractivity contribution is 9.10. The van der Waals surface area contributed by atoms with Crippen LogP contribution in [0.2, 0.25) is 0 Å². The monoisotopic (exact) mass is 353 g/mol. The summed E-state index contributed by atoms with van der Waals surface area (Å²) in [6.07, 6.45) is 0.164. The number of carboxylic acids is 1. The fraction of sp³-hybridized carbons (Fsp3) is 0.143. The van der Waals surface area contributed by atoms with Crippen molar-refractivity contribution in [3.8, 4) is 10.4 Å². The second-order valence-electron chi connectivity index (χ2n) is 4.11. The van der Waals surface area contributed by atoms with Crippen molar-refractivity contribution in [3.63, 3.8) is 0 Å². The molecule has 6 heteroatoms. The third-order valence-corrected chi connectivity index (χ3v) is 4.43. The van der Waals surface area contributed by atoms with Crippen LogP contribution in [0.4, 0.5) is 0 Å². The lowest BCUT2D eigenvalue weighted by Gasteiger charge is -1.99. The van der Waals surface area contributed by atoms with E-state index in [-0.39, 0.29) is 12.8 Å². The Morgan fingerprint density at radius 1 is 1.15 bits per heavy atom. The van der Waals surface area contributed by atoms with Crippen LogP contribution < -0.4 is 0 Å². The molecule has 2 N–H and O–H groups in total. The molecule has 0 aliphatic heterocycles. The van der Waals surface area contributed by atoms with Gasteiger partial charge in [-0.1, -0.05) is 33.2 Å². The Bertz CT molecular complexity index is 634. The molecule has 0 amide bonds. The number of thiophene rings is 1. The molecule has 0 aliphatic carbocycles. The summed E-state index contributed by atoms with van der Waals surface area (Å²) in [5.74, 6) is -0.907. The molecule has 104 valence electrons. The molecule has 0 radical (unpaired) electrons. The van der Waals surface area contributed by atoms with Crippen molar-refractivity contribution < 1.29 is 15.1 Å². The number of halogens is 1. The molecule has 4 nitrogen and oxygen atoms in total. The highest BCUT2D eigenvalue weighted by Crippen LogP contribution is 2.30. The normalized spacial score (nSPS) is 11.6. The summed E-state index contributed by atoms with van der Waals surface area (Å²) in [5.41, 5.74) is 1.47. The summed E-state index contributed by atoms with van der Waals surface area (Å²) in [7, 11) is 0. The summed E-state index contributed by atoms with van der Waals surface area (Å²) in [6.45, 7) is 0. The number of hydrogen-bond acceptors (Lipinski definition) is 4. The fourth-order valence-electron chi connectivity index (χ4n) is 1.71. The van der Waals surface area contributed by atoms with Gasteiger partial charge >= 0.3 is 5.97 Å². The highest BCUT2D eigenvalue weighted by Gasteiger charge is 2.11. The number of nitrogens with zero attached hydrogens (tertiary/aromatic N) is 1. The van der Waals surface area contributed by atoms with E-state index >= 15 is 0 Å². The SMILES string of the molecule is O=C(O)CCC(=NO)c1ccc(-c2ccc(Br)cc2)s1. The number of aliphatic carboxylic acids is 1. The van der Waals surface area contributed by atoms with E-state index in [0.29, 0.717) is 5.71 Å². The van der Waals surface area contributed by atoms with E-state index in [4.69, 9.17) is 10.3 Å². The average molecular weight is 354 g/mol. The summed E-state index contributed by atoms with van der Waals surface area (Å²) in [5, 5.41) is 20.9. The van der Waals surface area contributed by atoms with E-state index in [9.17, 15) is 4.79 Å². The highest BCUT2D eigenvalue weighted by atomic mass is 79.9. The van der Waals surface area contributed by atoms with Crippen LogP contribution >= 0.6 is 27.3 Å². The first-order valence-electron chi connectivity index (χ1n) is 5.89. The van der Waals surface area contributed by atoms with Crippen LogP contribution in [-0.2, 0) is 4.79 Å². The molecule has 0 fully saturated rings. The Balaban J connectivity index is 2.19. The van der Waals surface area contributed by atoms with E-state index in [1.165, 1.54) is 11.3 Å². The van der Waals surface area contributed by atoms with Gasteiger partial charge in [0.05, 0.1) is 17.0 Å². The molecular weight excluding hydrogens is 342 g/mol. The van der Waals surface area contributed by atoms with Crippen molar-refractivity contribution in [2.45, 2.75) is 12.8 Å². The van der Waals surface area contributed by atoms with Crippen molar-refractivity contribution in [3.05, 3.63) is 45.7 Å². The molecule has 0 bridgehead atoms. The topological polar surface area (TPSA) is 69.9 Å². The quantitative estimate of drug-likeness (QED) is 0.480. The summed E-state index contributed by atoms with van der Waals surface area (Å²) >= 11 is 4.86. The zero-order valence-corrected chi connectivity index (χ0v) is 12.8. The van der Waals surface area contributed by atoms with E-state index < -0.39 is 5.97 Å². The lowest BCUT2D eigenvalue weighted by atomic mass is 10.1. The standard InChI is InChI=1S/C14H12BrNO3S/c15-10-3-1-9(2-4-10)12-6-7-13(20-12)11(16-19)5-8-14(17)18/h1-4,6-7,19H,5,8H2,(H,17,18). The van der Waals surface area contributed by atoms with Crippen molar-refractivity contribution >= 4 is 38.9 Å². The lowest BCUT2D eigenvalue weighted by Crippen LogP contribution is -2.03. The Morgan fingerprint density at radius 2 is 1.85 bits per heavy atom. The number of oxime groups is 1. The van der Waals surface area contributed by atoms with Gasteiger partial charge in [-0.2, -0.15) is 0 Å². The Hall–Kier alpha value is -1.66. The number of carbonyl (C=O) groups is 1. The maximum absolute atomic E-state index is 10.6. The molecule has 2 aromatic rings. The smallest absolute Gasteiger partial charge is 0.303 e. The minimum atomic E-state index is -0.907. The number of rotatable bonds is 5. The largest absolute Gasteiger partial charge is 0.481 e. The van der Waals surface area contributed by atoms with E-state index in [2.05, 4.69) is 21.1 Å². The van der Waals surface area contributed by atoms with Crippen molar-refractivity contribution in [2.75, 3.05) is 0 Å². The zero-order valence-electron chi connectivity index (χ0n) is 10.4. The fourth-order valence-corrected chi connectivity index (χ4v) is 3.00. The van der Waals surface area contributed by atoms with Crippen LogP contribution in [0.15, 0.2) is 46.0 Å². The molecule has 0 saturated heterocycles. The Morgan fingerprint density at radius 3 is 2.45 bits per heavy atom. The Labute approximate surface area is 128 Å². The van der Waals surface area contributed by atoms with Crippen molar-refractivity contribution in [2.24, 2.45) is 5.16 Å². The average Bonchev–Trinajstić information content (AvgIpc) is 2.89. The van der Waals surface area contributed by atoms with Crippen LogP contribution in [0.3, 0.4) is 0 Å². The van der Waals surface area contributed by atoms with Crippen LogP contribution in [0.1, 0.15) is 17.7 Å². The maximum atomic E-state index is 10.6. The summed E-state index contributed by atoms with van der Waals surface area (Å²) < 4.78 is 1.01. The molecular formula is C14H12BrNO3S. The van der Waals surface area contributed by atoms with Gasteiger partial charge in [0, 0.05) is 15.8 Å². The predicted octanol–water partition coefficient (Wildman–Crippen LogP) is 4.22. The first-order chi connectivity index (χ1) is 9.60. The second-order valence-corrected chi connectivity index (χ2v) is 6.11. The van der Waals surface area contributed by atoms with Gasteiger partial charge in [-0.25, -0.2) is 0 Å². The second kappa shape index (κ2) is 6.67. The van der Waals surface area contributed by atoms with Crippen LogP contribution in [-0.4, -0.2) is 22.0 Å². The van der Waals surface area contributed by atoms with Gasteiger partial charge in [0.2, 0.25) is 0 Å². The van der Waals surface area contributed by atoms with Gasteiger partial charge in [-0.15, -0.1) is 11.3 Å². The molecule has 1 aromatic heterocycles. The van der Waals surface area contributed by atoms with E-state index in [1.807, 2.05) is 36.4 Å². The first kappa shape index (κ1) is 14.7. The molecule has 1 heterocycles. The number of carboxylic acid groups (broad SMARTS) is 1. The molecule has 20 heavy (non-hydrogen) atoms. The molecule has 0 atom stereocenters. The summed E-state index contributed by atoms with van der Waals surface area (Å²) in [4.78, 5) is 12.4. The van der Waals surface area contributed by atoms with Gasteiger partial charge in [-0.05, 0) is 29.8 Å². The number of benzene rings is 1. The van der Waals surface area contributed by atoms with E-state index in [0.717, 1.165) is 19.8 Å². The molecule has 2 rings (SSSR count). The minimum absolute atomic E-state index is 0.0507. The van der Waals surface area contributed by atoms with Crippen molar-refractivity contribution in [1.82, 2.24) is 0 Å². The zero-order chi connectivity index (χ0) is 14.5. The van der Waals surface area contributed by atoms with Crippen molar-refractivity contribution in [1.29, 1.82) is 0 Å². The van der Waals surface area contributed by atoms with Gasteiger partial charge in [-0.3, -0.25) is 4.79 Å². The van der Waals surface area contributed by atoms with Crippen LogP contribution in [0.5, 0.6) is 0 Å². The number of hydrogen-bond donors (Lipinski definition) is 2. The van der Waals surface area contributed by atoms with Gasteiger partial charge in [0.15, 0.2) is 0 Å². The summed E-state index contributed by atoms with van der Waals surface area (Å²) in [6, 6.07) is 11.7. The molecule has 0 unspecified atom stereocenters. The third-order valence-electron chi connectivity index (χ3n) is 2.72. The maximum Gasteiger partial charge on any atom is 0.303 e. The molecule has 0 spiro atoms. The van der Waals surface area contributed by atoms with E-state index in [1.54, 1.807) is 0 Å². The van der Waals surface area contributed by atoms with Gasteiger partial charge in [0.25, 0.3) is 0 Å². The molecule has 0 saturated carbocycles. The molecule has 0 aliphatic rings. The van der Waals surface area contributed by atoms with Crippen LogP contribution in [0.25, 0.3) is 10.4 Å². The van der Waals surface area contributed by atoms with Crippen LogP contribution in [0, 0.1) is 0 Å². The third kappa shape index (κ3) is 3.68. The molecule has 1 aromatic carbocycles.